The number of benzene rings is 3. The predicted molar refractivity (Wildman–Crippen MR) is 155 cm³/mol. The molecular weight excluding hydrogens is 532 g/mol. The molecule has 2 N–H and O–H groups in total. The Bertz CT molecular complexity index is 1530. The molecule has 1 aliphatic rings. The second-order valence-corrected chi connectivity index (χ2v) is 12.2. The Morgan fingerprint density at radius 3 is 2.56 bits per heavy atom. The van der Waals surface area contributed by atoms with Gasteiger partial charge in [0.1, 0.15) is 0 Å². The van der Waals surface area contributed by atoms with Gasteiger partial charge in [0.15, 0.2) is 11.5 Å². The van der Waals surface area contributed by atoms with E-state index in [1.54, 1.807) is 53.0 Å². The van der Waals surface area contributed by atoms with Crippen molar-refractivity contribution in [3.05, 3.63) is 89.3 Å². The maximum absolute atomic E-state index is 13.3. The van der Waals surface area contributed by atoms with E-state index in [2.05, 4.69) is 27.6 Å². The average Bonchev–Trinajstić information content (AvgIpc) is 3.44. The fourth-order valence-corrected chi connectivity index (χ4v) is 6.78. The van der Waals surface area contributed by atoms with Crippen molar-refractivity contribution in [1.82, 2.24) is 9.29 Å². The molecule has 1 aliphatic heterocycles. The topological polar surface area (TPSA) is 104 Å². The van der Waals surface area contributed by atoms with Crippen molar-refractivity contribution in [3.8, 4) is 22.8 Å². The highest BCUT2D eigenvalue weighted by Gasteiger charge is 2.29. The molecule has 1 fully saturated rings. The third-order valence-corrected chi connectivity index (χ3v) is 9.47. The molecule has 0 atom stereocenters. The normalized spacial score (nSPS) is 15.0. The van der Waals surface area contributed by atoms with Gasteiger partial charge in [-0.2, -0.15) is 9.41 Å². The van der Waals surface area contributed by atoms with Gasteiger partial charge < -0.3 is 9.84 Å². The number of hydrazone groups is 1. The van der Waals surface area contributed by atoms with Crippen LogP contribution >= 0.6 is 11.3 Å². The SMILES string of the molecule is COc1cc(C=NNc2nc(-c3ccc(S(=O)(=O)N4CCC(Cc5ccccc5)CC4)cc3)cs2)ccc1O. The summed E-state index contributed by atoms with van der Waals surface area (Å²) in [5.41, 5.74) is 6.52. The van der Waals surface area contributed by atoms with Crippen LogP contribution in [0.2, 0.25) is 0 Å². The number of piperidine rings is 1. The lowest BCUT2D eigenvalue weighted by Gasteiger charge is -2.31. The van der Waals surface area contributed by atoms with Crippen LogP contribution in [0.25, 0.3) is 11.3 Å². The Morgan fingerprint density at radius 2 is 1.85 bits per heavy atom. The summed E-state index contributed by atoms with van der Waals surface area (Å²) in [6.07, 6.45) is 4.32. The van der Waals surface area contributed by atoms with Crippen molar-refractivity contribution in [1.29, 1.82) is 0 Å². The summed E-state index contributed by atoms with van der Waals surface area (Å²) in [7, 11) is -2.05. The standard InChI is InChI=1S/C29H30N4O4S2/c1-37-28-18-23(7-12-27(28)34)19-30-32-29-31-26(20-38-29)24-8-10-25(11-9-24)39(35,36)33-15-13-22(14-16-33)17-21-5-3-2-4-6-21/h2-12,18-20,22,34H,13-17H2,1H3,(H,31,32). The molecule has 3 aromatic carbocycles. The van der Waals surface area contributed by atoms with Gasteiger partial charge in [-0.25, -0.2) is 13.4 Å². The molecule has 10 heteroatoms. The number of thiazole rings is 1. The van der Waals surface area contributed by atoms with Crippen molar-refractivity contribution < 1.29 is 18.3 Å². The average molecular weight is 563 g/mol. The fraction of sp³-hybridized carbons (Fsp3) is 0.241. The van der Waals surface area contributed by atoms with Crippen LogP contribution in [0.5, 0.6) is 11.5 Å². The smallest absolute Gasteiger partial charge is 0.243 e. The van der Waals surface area contributed by atoms with Gasteiger partial charge in [0.05, 0.1) is 23.9 Å². The van der Waals surface area contributed by atoms with Crippen molar-refractivity contribution in [2.75, 3.05) is 25.6 Å². The number of aromatic hydroxyl groups is 1. The number of phenols is 1. The summed E-state index contributed by atoms with van der Waals surface area (Å²) < 4.78 is 33.2. The third kappa shape index (κ3) is 6.47. The first-order chi connectivity index (χ1) is 18.9. The van der Waals surface area contributed by atoms with E-state index < -0.39 is 10.0 Å². The zero-order chi connectivity index (χ0) is 27.2. The van der Waals surface area contributed by atoms with Gasteiger partial charge in [0.2, 0.25) is 15.2 Å². The first kappa shape index (κ1) is 26.9. The van der Waals surface area contributed by atoms with E-state index >= 15 is 0 Å². The van der Waals surface area contributed by atoms with E-state index in [1.165, 1.54) is 24.0 Å². The van der Waals surface area contributed by atoms with Crippen LogP contribution in [0, 0.1) is 5.92 Å². The number of sulfonamides is 1. The van der Waals surface area contributed by atoms with E-state index in [4.69, 9.17) is 4.74 Å². The van der Waals surface area contributed by atoms with Crippen LogP contribution in [0.15, 0.2) is 88.2 Å². The number of hydrogen-bond acceptors (Lipinski definition) is 8. The van der Waals surface area contributed by atoms with Crippen LogP contribution in [0.1, 0.15) is 24.0 Å². The van der Waals surface area contributed by atoms with Crippen LogP contribution in [-0.4, -0.2) is 49.2 Å². The molecule has 4 aromatic rings. The molecule has 202 valence electrons. The van der Waals surface area contributed by atoms with Crippen LogP contribution in [-0.2, 0) is 16.4 Å². The van der Waals surface area contributed by atoms with Crippen molar-refractivity contribution >= 4 is 32.7 Å². The first-order valence-electron chi connectivity index (χ1n) is 12.7. The number of nitrogens with zero attached hydrogens (tertiary/aromatic N) is 3. The zero-order valence-corrected chi connectivity index (χ0v) is 23.2. The highest BCUT2D eigenvalue weighted by molar-refractivity contribution is 7.89. The fourth-order valence-electron chi connectivity index (χ4n) is 4.64. The second-order valence-electron chi connectivity index (χ2n) is 9.40. The van der Waals surface area contributed by atoms with Gasteiger partial charge in [0, 0.05) is 24.0 Å². The number of ether oxygens (including phenoxy) is 1. The Balaban J connectivity index is 1.18. The quantitative estimate of drug-likeness (QED) is 0.203. The first-order valence-corrected chi connectivity index (χ1v) is 15.0. The predicted octanol–water partition coefficient (Wildman–Crippen LogP) is 5.61. The number of hydrogen-bond donors (Lipinski definition) is 2. The van der Waals surface area contributed by atoms with E-state index in [0.29, 0.717) is 34.8 Å². The van der Waals surface area contributed by atoms with Gasteiger partial charge >= 0.3 is 0 Å². The number of phenolic OH excluding ortho intramolecular Hbond substituents is 1. The van der Waals surface area contributed by atoms with E-state index in [9.17, 15) is 13.5 Å². The van der Waals surface area contributed by atoms with Gasteiger partial charge in [-0.3, -0.25) is 5.43 Å². The number of rotatable bonds is 9. The van der Waals surface area contributed by atoms with Crippen LogP contribution < -0.4 is 10.2 Å². The summed E-state index contributed by atoms with van der Waals surface area (Å²) in [5.74, 6) is 0.935. The zero-order valence-electron chi connectivity index (χ0n) is 21.5. The largest absolute Gasteiger partial charge is 0.504 e. The Hall–Kier alpha value is -3.73. The summed E-state index contributed by atoms with van der Waals surface area (Å²) in [6.45, 7) is 1.08. The lowest BCUT2D eigenvalue weighted by molar-refractivity contribution is 0.273. The molecule has 39 heavy (non-hydrogen) atoms. The number of methoxy groups -OCH3 is 1. The molecule has 8 nitrogen and oxygen atoms in total. The second kappa shape index (κ2) is 12.0. The van der Waals surface area contributed by atoms with Gasteiger partial charge in [-0.1, -0.05) is 42.5 Å². The third-order valence-electron chi connectivity index (χ3n) is 6.81. The lowest BCUT2D eigenvalue weighted by atomic mass is 9.91. The summed E-state index contributed by atoms with van der Waals surface area (Å²) in [6, 6.07) is 22.2. The summed E-state index contributed by atoms with van der Waals surface area (Å²) in [4.78, 5) is 4.85. The van der Waals surface area contributed by atoms with E-state index in [1.807, 2.05) is 23.6 Å². The minimum Gasteiger partial charge on any atom is -0.504 e. The van der Waals surface area contributed by atoms with Gasteiger partial charge in [0.25, 0.3) is 0 Å². The molecule has 0 amide bonds. The monoisotopic (exact) mass is 562 g/mol. The molecule has 0 unspecified atom stereocenters. The molecule has 0 spiro atoms. The summed E-state index contributed by atoms with van der Waals surface area (Å²) in [5, 5.41) is 16.4. The highest BCUT2D eigenvalue weighted by atomic mass is 32.2. The van der Waals surface area contributed by atoms with Crippen LogP contribution in [0.4, 0.5) is 5.13 Å². The van der Waals surface area contributed by atoms with Crippen molar-refractivity contribution in [2.45, 2.75) is 24.2 Å². The van der Waals surface area contributed by atoms with Gasteiger partial charge in [-0.15, -0.1) is 11.3 Å². The molecule has 0 saturated carbocycles. The van der Waals surface area contributed by atoms with Crippen molar-refractivity contribution in [3.63, 3.8) is 0 Å². The Morgan fingerprint density at radius 1 is 1.10 bits per heavy atom. The molecule has 5 rings (SSSR count). The minimum atomic E-state index is -3.54. The molecule has 0 aliphatic carbocycles. The van der Waals surface area contributed by atoms with Crippen LogP contribution in [0.3, 0.4) is 0 Å². The molecule has 2 heterocycles. The lowest BCUT2D eigenvalue weighted by Crippen LogP contribution is -2.38. The molecule has 1 aromatic heterocycles. The maximum Gasteiger partial charge on any atom is 0.243 e. The highest BCUT2D eigenvalue weighted by Crippen LogP contribution is 2.29. The molecule has 1 saturated heterocycles. The molecular formula is C29H30N4O4S2. The Labute approximate surface area is 232 Å². The van der Waals surface area contributed by atoms with Gasteiger partial charge in [-0.05, 0) is 66.6 Å². The van der Waals surface area contributed by atoms with E-state index in [0.717, 1.165) is 36.1 Å². The minimum absolute atomic E-state index is 0.0643. The number of nitrogens with one attached hydrogen (secondary N) is 1. The maximum atomic E-state index is 13.3. The number of aromatic nitrogens is 1. The number of anilines is 1. The van der Waals surface area contributed by atoms with E-state index in [-0.39, 0.29) is 5.75 Å². The molecule has 0 radical (unpaired) electrons. The van der Waals surface area contributed by atoms with Crippen molar-refractivity contribution in [2.24, 2.45) is 11.0 Å². The molecule has 0 bridgehead atoms. The Kier molecular flexibility index (Phi) is 8.25. The summed E-state index contributed by atoms with van der Waals surface area (Å²) >= 11 is 1.40.